The molecule has 0 aromatic heterocycles. The van der Waals surface area contributed by atoms with Crippen molar-refractivity contribution >= 4 is 62.7 Å². The second kappa shape index (κ2) is 11.4. The standard InChI is InChI=1S/C30H31IN2O3S/c1-3-35-27-18-20(17-26-29(34)33(30(37)32(26)2)23-13-5-4-6-14-23)16-25(31)28(27)36-19-22-12-9-11-21-10-7-8-15-24(21)22/h7-12,15-18,23H,3-6,13-14,19H2,1-2H3/b26-17-. The maximum atomic E-state index is 13.4. The monoisotopic (exact) mass is 626 g/mol. The molecule has 1 aliphatic heterocycles. The highest BCUT2D eigenvalue weighted by Crippen LogP contribution is 2.37. The number of carbonyl (C=O) groups excluding carboxylic acids is 1. The number of hydrogen-bond donors (Lipinski definition) is 0. The second-order valence-electron chi connectivity index (χ2n) is 9.53. The lowest BCUT2D eigenvalue weighted by molar-refractivity contribution is -0.124. The van der Waals surface area contributed by atoms with E-state index < -0.39 is 0 Å². The van der Waals surface area contributed by atoms with Gasteiger partial charge in [-0.1, -0.05) is 61.7 Å². The summed E-state index contributed by atoms with van der Waals surface area (Å²) < 4.78 is 13.3. The van der Waals surface area contributed by atoms with Gasteiger partial charge in [0, 0.05) is 13.1 Å². The van der Waals surface area contributed by atoms with Gasteiger partial charge in [0.05, 0.1) is 10.2 Å². The lowest BCUT2D eigenvalue weighted by atomic mass is 9.94. The van der Waals surface area contributed by atoms with Crippen molar-refractivity contribution in [2.24, 2.45) is 0 Å². The molecule has 1 saturated carbocycles. The molecule has 2 aliphatic rings. The molecule has 0 atom stereocenters. The van der Waals surface area contributed by atoms with Gasteiger partial charge in [-0.15, -0.1) is 0 Å². The zero-order valence-corrected chi connectivity index (χ0v) is 24.2. The topological polar surface area (TPSA) is 42.0 Å². The molecule has 3 aromatic carbocycles. The molecule has 37 heavy (non-hydrogen) atoms. The third-order valence-electron chi connectivity index (χ3n) is 7.12. The molecule has 192 valence electrons. The number of ether oxygens (including phenoxy) is 2. The number of amides is 1. The van der Waals surface area contributed by atoms with Crippen LogP contribution in [-0.2, 0) is 11.4 Å². The first-order valence-electron chi connectivity index (χ1n) is 12.9. The minimum absolute atomic E-state index is 0.0105. The lowest BCUT2D eigenvalue weighted by Gasteiger charge is -2.30. The number of fused-ring (bicyclic) bond motifs is 1. The largest absolute Gasteiger partial charge is 0.490 e. The summed E-state index contributed by atoms with van der Waals surface area (Å²) in [5, 5.41) is 2.97. The molecular weight excluding hydrogens is 595 g/mol. The predicted molar refractivity (Wildman–Crippen MR) is 161 cm³/mol. The van der Waals surface area contributed by atoms with Gasteiger partial charge in [-0.2, -0.15) is 0 Å². The maximum Gasteiger partial charge on any atom is 0.277 e. The molecule has 5 rings (SSSR count). The van der Waals surface area contributed by atoms with Crippen molar-refractivity contribution in [2.45, 2.75) is 51.7 Å². The average Bonchev–Trinajstić information content (AvgIpc) is 3.12. The molecule has 0 radical (unpaired) electrons. The Morgan fingerprint density at radius 1 is 1.05 bits per heavy atom. The summed E-state index contributed by atoms with van der Waals surface area (Å²) >= 11 is 7.97. The number of benzene rings is 3. The summed E-state index contributed by atoms with van der Waals surface area (Å²) in [5.74, 6) is 1.37. The quantitative estimate of drug-likeness (QED) is 0.158. The normalized spacial score (nSPS) is 17.8. The first-order chi connectivity index (χ1) is 18.0. The van der Waals surface area contributed by atoms with Crippen LogP contribution < -0.4 is 9.47 Å². The third-order valence-corrected chi connectivity index (χ3v) is 8.39. The van der Waals surface area contributed by atoms with Gasteiger partial charge in [-0.05, 0) is 94.7 Å². The number of carbonyl (C=O) groups is 1. The molecule has 1 saturated heterocycles. The molecule has 0 unspecified atom stereocenters. The van der Waals surface area contributed by atoms with Gasteiger partial charge in [0.1, 0.15) is 12.3 Å². The van der Waals surface area contributed by atoms with Crippen molar-refractivity contribution in [1.82, 2.24) is 9.80 Å². The van der Waals surface area contributed by atoms with Gasteiger partial charge in [0.25, 0.3) is 5.91 Å². The van der Waals surface area contributed by atoms with Crippen LogP contribution in [0.25, 0.3) is 16.8 Å². The van der Waals surface area contributed by atoms with E-state index >= 15 is 0 Å². The summed E-state index contributed by atoms with van der Waals surface area (Å²) in [7, 11) is 1.88. The molecule has 2 fully saturated rings. The van der Waals surface area contributed by atoms with Crippen LogP contribution in [0.5, 0.6) is 11.5 Å². The van der Waals surface area contributed by atoms with Gasteiger partial charge in [-0.25, -0.2) is 0 Å². The van der Waals surface area contributed by atoms with Crippen LogP contribution in [0.4, 0.5) is 0 Å². The Morgan fingerprint density at radius 2 is 1.81 bits per heavy atom. The van der Waals surface area contributed by atoms with E-state index in [0.29, 0.717) is 35.5 Å². The first-order valence-corrected chi connectivity index (χ1v) is 14.4. The van der Waals surface area contributed by atoms with Crippen molar-refractivity contribution in [1.29, 1.82) is 0 Å². The Labute approximate surface area is 237 Å². The Kier molecular flexibility index (Phi) is 8.00. The van der Waals surface area contributed by atoms with Crippen LogP contribution in [0, 0.1) is 3.57 Å². The number of rotatable bonds is 7. The lowest BCUT2D eigenvalue weighted by Crippen LogP contribution is -2.41. The fourth-order valence-electron chi connectivity index (χ4n) is 5.24. The van der Waals surface area contributed by atoms with E-state index in [-0.39, 0.29) is 11.9 Å². The van der Waals surface area contributed by atoms with Gasteiger partial charge < -0.3 is 14.4 Å². The summed E-state index contributed by atoms with van der Waals surface area (Å²) in [6.45, 7) is 2.91. The van der Waals surface area contributed by atoms with E-state index in [0.717, 1.165) is 40.4 Å². The van der Waals surface area contributed by atoms with E-state index in [9.17, 15) is 4.79 Å². The third kappa shape index (κ3) is 5.34. The highest BCUT2D eigenvalue weighted by Gasteiger charge is 2.40. The fraction of sp³-hybridized carbons (Fsp3) is 0.333. The number of nitrogens with zero attached hydrogens (tertiary/aromatic N) is 2. The smallest absolute Gasteiger partial charge is 0.277 e. The van der Waals surface area contributed by atoms with Crippen molar-refractivity contribution in [3.8, 4) is 11.5 Å². The summed E-state index contributed by atoms with van der Waals surface area (Å²) in [5.41, 5.74) is 2.60. The molecule has 1 heterocycles. The Balaban J connectivity index is 1.42. The van der Waals surface area contributed by atoms with Crippen LogP contribution in [0.1, 0.15) is 50.2 Å². The van der Waals surface area contributed by atoms with Crippen molar-refractivity contribution in [2.75, 3.05) is 13.7 Å². The zero-order valence-electron chi connectivity index (χ0n) is 21.2. The van der Waals surface area contributed by atoms with Crippen LogP contribution >= 0.6 is 34.8 Å². The SMILES string of the molecule is CCOc1cc(/C=C2/C(=O)N(C3CCCCC3)C(=S)N2C)cc(I)c1OCc1cccc2ccccc12. The molecule has 0 N–H and O–H groups in total. The predicted octanol–water partition coefficient (Wildman–Crippen LogP) is 7.15. The van der Waals surface area contributed by atoms with E-state index in [1.807, 2.05) is 54.1 Å². The zero-order chi connectivity index (χ0) is 25.9. The van der Waals surface area contributed by atoms with Crippen LogP contribution in [0.2, 0.25) is 0 Å². The molecule has 3 aromatic rings. The van der Waals surface area contributed by atoms with Crippen LogP contribution in [-0.4, -0.2) is 40.5 Å². The van der Waals surface area contributed by atoms with E-state index in [1.165, 1.54) is 17.2 Å². The van der Waals surface area contributed by atoms with Crippen LogP contribution in [0.3, 0.4) is 0 Å². The molecule has 1 amide bonds. The molecule has 0 bridgehead atoms. The minimum Gasteiger partial charge on any atom is -0.490 e. The van der Waals surface area contributed by atoms with Gasteiger partial charge in [-0.3, -0.25) is 9.69 Å². The van der Waals surface area contributed by atoms with E-state index in [4.69, 9.17) is 21.7 Å². The molecule has 7 heteroatoms. The Bertz CT molecular complexity index is 1360. The van der Waals surface area contributed by atoms with E-state index in [2.05, 4.69) is 52.9 Å². The second-order valence-corrected chi connectivity index (χ2v) is 11.1. The molecule has 0 spiro atoms. The van der Waals surface area contributed by atoms with Crippen molar-refractivity contribution < 1.29 is 14.3 Å². The summed E-state index contributed by atoms with van der Waals surface area (Å²) in [6.07, 6.45) is 7.48. The molecule has 5 nitrogen and oxygen atoms in total. The number of hydrogen-bond acceptors (Lipinski definition) is 4. The van der Waals surface area contributed by atoms with Gasteiger partial charge >= 0.3 is 0 Å². The highest BCUT2D eigenvalue weighted by atomic mass is 127. The first kappa shape index (κ1) is 26.0. The Hall–Kier alpha value is -2.65. The summed E-state index contributed by atoms with van der Waals surface area (Å²) in [6, 6.07) is 18.8. The number of likely N-dealkylation sites (N-methyl/N-ethyl adjacent to an activating group) is 1. The van der Waals surface area contributed by atoms with Crippen molar-refractivity contribution in [3.63, 3.8) is 0 Å². The molecule has 1 aliphatic carbocycles. The number of thiocarbonyl (C=S) groups is 1. The fourth-order valence-corrected chi connectivity index (χ4v) is 6.35. The molecular formula is C30H31IN2O3S. The summed E-state index contributed by atoms with van der Waals surface area (Å²) in [4.78, 5) is 17.1. The average molecular weight is 627 g/mol. The highest BCUT2D eigenvalue weighted by molar-refractivity contribution is 14.1. The maximum absolute atomic E-state index is 13.4. The van der Waals surface area contributed by atoms with Crippen LogP contribution in [0.15, 0.2) is 60.3 Å². The van der Waals surface area contributed by atoms with Crippen molar-refractivity contribution in [3.05, 3.63) is 75.0 Å². The number of halogens is 1. The van der Waals surface area contributed by atoms with Gasteiger partial charge in [0.2, 0.25) is 0 Å². The minimum atomic E-state index is -0.0105. The Morgan fingerprint density at radius 3 is 2.59 bits per heavy atom. The van der Waals surface area contributed by atoms with Gasteiger partial charge in [0.15, 0.2) is 16.6 Å². The van der Waals surface area contributed by atoms with E-state index in [1.54, 1.807) is 0 Å².